The Hall–Kier alpha value is -7.70. The fourth-order valence-electron chi connectivity index (χ4n) is 5.90. The van der Waals surface area contributed by atoms with E-state index in [9.17, 15) is 26.4 Å². The molecular weight excluding hydrogens is 893 g/mol. The van der Waals surface area contributed by atoms with Crippen molar-refractivity contribution < 1.29 is 65.1 Å². The van der Waals surface area contributed by atoms with Crippen LogP contribution in [0.5, 0.6) is 34.5 Å². The number of rotatable bonds is 23. The Balaban J connectivity index is 0.000000248. The van der Waals surface area contributed by atoms with Gasteiger partial charge in [0.1, 0.15) is 49.4 Å². The minimum atomic E-state index is -3.84. The van der Waals surface area contributed by atoms with Crippen LogP contribution in [0.25, 0.3) is 6.08 Å². The third-order valence-corrected chi connectivity index (χ3v) is 11.4. The third kappa shape index (κ3) is 16.1. The topological polar surface area (TPSA) is 222 Å². The van der Waals surface area contributed by atoms with Crippen LogP contribution in [0.1, 0.15) is 16.7 Å². The average molecular weight is 941 g/mol. The number of hydrogen-bond donors (Lipinski definition) is 4. The van der Waals surface area contributed by atoms with E-state index >= 15 is 0 Å². The molecule has 0 atom stereocenters. The number of aliphatic carboxylic acids is 2. The number of para-hydroxylation sites is 2. The van der Waals surface area contributed by atoms with Crippen molar-refractivity contribution >= 4 is 49.4 Å². The monoisotopic (exact) mass is 940 g/mol. The minimum Gasteiger partial charge on any atom is -0.493 e. The molecule has 16 nitrogen and oxygen atoms in total. The van der Waals surface area contributed by atoms with E-state index in [2.05, 4.69) is 9.44 Å². The molecule has 6 rings (SSSR count). The maximum Gasteiger partial charge on any atom is 0.307 e. The van der Waals surface area contributed by atoms with Crippen molar-refractivity contribution in [2.45, 2.75) is 17.7 Å². The van der Waals surface area contributed by atoms with Crippen LogP contribution < -0.4 is 37.9 Å². The molecular formula is C48H48N2O14S2. The third-order valence-electron chi connectivity index (χ3n) is 8.97. The molecule has 0 spiro atoms. The van der Waals surface area contributed by atoms with Gasteiger partial charge in [-0.15, -0.1) is 0 Å². The molecule has 0 aliphatic rings. The van der Waals surface area contributed by atoms with Gasteiger partial charge in [0.25, 0.3) is 20.0 Å². The molecule has 346 valence electrons. The summed E-state index contributed by atoms with van der Waals surface area (Å²) < 4.78 is 87.6. The average Bonchev–Trinajstić information content (AvgIpc) is 3.30. The first-order valence-electron chi connectivity index (χ1n) is 20.0. The lowest BCUT2D eigenvalue weighted by Crippen LogP contribution is -2.13. The van der Waals surface area contributed by atoms with E-state index in [-0.39, 0.29) is 44.2 Å². The molecule has 18 heteroatoms. The number of sulfonamides is 2. The molecule has 0 amide bonds. The number of hydrogen-bond acceptors (Lipinski definition) is 12. The summed E-state index contributed by atoms with van der Waals surface area (Å²) in [6.45, 7) is 0.907. The summed E-state index contributed by atoms with van der Waals surface area (Å²) in [5, 5.41) is 19.1. The Labute approximate surface area is 383 Å². The molecule has 0 radical (unpaired) electrons. The number of carbonyl (C=O) groups is 2. The highest BCUT2D eigenvalue weighted by Gasteiger charge is 2.18. The van der Waals surface area contributed by atoms with Crippen molar-refractivity contribution in [3.63, 3.8) is 0 Å². The van der Waals surface area contributed by atoms with Gasteiger partial charge in [-0.05, 0) is 84.4 Å². The molecule has 0 unspecified atom stereocenters. The van der Waals surface area contributed by atoms with E-state index in [1.54, 1.807) is 97.1 Å². The summed E-state index contributed by atoms with van der Waals surface area (Å²) in [5.74, 6) is 0.948. The van der Waals surface area contributed by atoms with Gasteiger partial charge >= 0.3 is 11.9 Å². The number of benzene rings is 6. The van der Waals surface area contributed by atoms with E-state index < -0.39 is 32.0 Å². The maximum atomic E-state index is 12.7. The summed E-state index contributed by atoms with van der Waals surface area (Å²) in [4.78, 5) is 21.9. The van der Waals surface area contributed by atoms with E-state index in [0.29, 0.717) is 57.0 Å². The molecule has 0 heterocycles. The SMILES string of the molecule is COc1ccc(S(=O)(=O)Nc2ccc(OCCOc3ccccc3CC(=O)O)cc2)cc1OC.O=C(O)Cc1ccccc1OCCOc1ccc(NS(=O)(=O)/C=C/c2ccccc2)cc1. The van der Waals surface area contributed by atoms with E-state index in [4.69, 9.17) is 38.6 Å². The number of ether oxygens (including phenoxy) is 6. The largest absolute Gasteiger partial charge is 0.493 e. The van der Waals surface area contributed by atoms with Crippen LogP contribution in [0.4, 0.5) is 11.4 Å². The summed E-state index contributed by atoms with van der Waals surface area (Å²) in [5.41, 5.74) is 2.74. The molecule has 0 bridgehead atoms. The van der Waals surface area contributed by atoms with Gasteiger partial charge < -0.3 is 38.6 Å². The summed E-state index contributed by atoms with van der Waals surface area (Å²) in [7, 11) is -4.58. The van der Waals surface area contributed by atoms with Gasteiger partial charge in [0.15, 0.2) is 11.5 Å². The lowest BCUT2D eigenvalue weighted by molar-refractivity contribution is -0.137. The molecule has 6 aromatic rings. The Morgan fingerprint density at radius 3 is 1.45 bits per heavy atom. The molecule has 6 aromatic carbocycles. The number of carboxylic acids is 2. The van der Waals surface area contributed by atoms with E-state index in [0.717, 1.165) is 11.0 Å². The highest BCUT2D eigenvalue weighted by Crippen LogP contribution is 2.30. The smallest absolute Gasteiger partial charge is 0.307 e. The molecule has 0 aliphatic heterocycles. The van der Waals surface area contributed by atoms with E-state index in [1.165, 1.54) is 38.5 Å². The number of methoxy groups -OCH3 is 2. The molecule has 0 saturated heterocycles. The summed E-state index contributed by atoms with van der Waals surface area (Å²) in [6.07, 6.45) is 1.28. The Morgan fingerprint density at radius 1 is 0.515 bits per heavy atom. The fourth-order valence-corrected chi connectivity index (χ4v) is 7.84. The van der Waals surface area contributed by atoms with Crippen LogP contribution in [-0.4, -0.2) is 79.6 Å². The van der Waals surface area contributed by atoms with Crippen molar-refractivity contribution in [3.05, 3.63) is 168 Å². The zero-order chi connectivity index (χ0) is 47.4. The summed E-state index contributed by atoms with van der Waals surface area (Å²) >= 11 is 0. The van der Waals surface area contributed by atoms with Gasteiger partial charge in [-0.2, -0.15) is 0 Å². The lowest BCUT2D eigenvalue weighted by atomic mass is 10.1. The van der Waals surface area contributed by atoms with Gasteiger partial charge in [-0.1, -0.05) is 66.7 Å². The van der Waals surface area contributed by atoms with Gasteiger partial charge in [0, 0.05) is 28.6 Å². The minimum absolute atomic E-state index is 0.0332. The zero-order valence-corrected chi connectivity index (χ0v) is 37.5. The number of anilines is 2. The van der Waals surface area contributed by atoms with Crippen LogP contribution >= 0.6 is 0 Å². The summed E-state index contributed by atoms with van der Waals surface area (Å²) in [6, 6.07) is 40.3. The quantitative estimate of drug-likeness (QED) is 0.0451. The molecule has 0 fully saturated rings. The Bertz CT molecular complexity index is 2770. The molecule has 66 heavy (non-hydrogen) atoms. The first-order valence-corrected chi connectivity index (χ1v) is 23.1. The molecule has 0 aromatic heterocycles. The van der Waals surface area contributed by atoms with Crippen molar-refractivity contribution in [2.24, 2.45) is 0 Å². The Kier molecular flexibility index (Phi) is 18.2. The van der Waals surface area contributed by atoms with Crippen LogP contribution in [0.2, 0.25) is 0 Å². The number of carboxylic acid groups (broad SMARTS) is 2. The van der Waals surface area contributed by atoms with Crippen molar-refractivity contribution in [1.82, 2.24) is 0 Å². The molecule has 0 aliphatic carbocycles. The predicted molar refractivity (Wildman–Crippen MR) is 249 cm³/mol. The van der Waals surface area contributed by atoms with Crippen LogP contribution in [0.15, 0.2) is 156 Å². The molecule has 0 saturated carbocycles. The Morgan fingerprint density at radius 2 is 0.970 bits per heavy atom. The standard InChI is InChI=1S/C24H25NO8S.C24H23NO6S/c1-30-22-12-11-20(16-23(22)31-2)34(28,29)25-18-7-9-19(10-8-18)32-13-14-33-21-6-4-3-5-17(21)15-24(26)27;26-24(27)18-20-8-4-5-9-23(20)31-16-15-30-22-12-10-21(11-13-22)25-32(28,29)17-14-19-6-2-1-3-7-19/h3-12,16,25H,13-15H2,1-2H3,(H,26,27);1-14,17,25H,15-16,18H2,(H,26,27)/b;17-14+. The van der Waals surface area contributed by atoms with Crippen LogP contribution in [-0.2, 0) is 42.5 Å². The van der Waals surface area contributed by atoms with Gasteiger partial charge in [-0.25, -0.2) is 16.8 Å². The van der Waals surface area contributed by atoms with Gasteiger partial charge in [0.05, 0.1) is 37.4 Å². The lowest BCUT2D eigenvalue weighted by Gasteiger charge is -2.13. The van der Waals surface area contributed by atoms with Crippen molar-refractivity contribution in [3.8, 4) is 34.5 Å². The first kappa shape index (κ1) is 49.3. The van der Waals surface area contributed by atoms with Gasteiger partial charge in [-0.3, -0.25) is 19.0 Å². The van der Waals surface area contributed by atoms with Crippen molar-refractivity contribution in [1.29, 1.82) is 0 Å². The highest BCUT2D eigenvalue weighted by atomic mass is 32.2. The van der Waals surface area contributed by atoms with Crippen LogP contribution in [0, 0.1) is 0 Å². The first-order chi connectivity index (χ1) is 31.7. The predicted octanol–water partition coefficient (Wildman–Crippen LogP) is 7.77. The molecule has 4 N–H and O–H groups in total. The zero-order valence-electron chi connectivity index (χ0n) is 35.9. The number of nitrogens with one attached hydrogen (secondary N) is 2. The van der Waals surface area contributed by atoms with Crippen molar-refractivity contribution in [2.75, 3.05) is 50.1 Å². The second-order valence-electron chi connectivity index (χ2n) is 13.8. The maximum absolute atomic E-state index is 12.7. The van der Waals surface area contributed by atoms with Crippen LogP contribution in [0.3, 0.4) is 0 Å². The van der Waals surface area contributed by atoms with Gasteiger partial charge in [0.2, 0.25) is 0 Å². The highest BCUT2D eigenvalue weighted by molar-refractivity contribution is 7.95. The fraction of sp³-hybridized carbons (Fsp3) is 0.167. The second-order valence-corrected chi connectivity index (χ2v) is 17.0. The van der Waals surface area contributed by atoms with E-state index in [1.807, 2.05) is 30.3 Å². The normalized spacial score (nSPS) is 11.1. The second kappa shape index (κ2) is 24.4.